The monoisotopic (exact) mass is 475 g/mol. The second kappa shape index (κ2) is 10.9. The fourth-order valence-electron chi connectivity index (χ4n) is 4.58. The quantitative estimate of drug-likeness (QED) is 0.401. The van der Waals surface area contributed by atoms with Crippen molar-refractivity contribution < 1.29 is 19.8 Å². The highest BCUT2D eigenvalue weighted by Gasteiger charge is 2.34. The number of carbonyl (C=O) groups excluding carboxylic acids is 2. The molecule has 35 heavy (non-hydrogen) atoms. The predicted octanol–water partition coefficient (Wildman–Crippen LogP) is 3.05. The number of phenolic OH excluding ortho intramolecular Hbond substituents is 1. The van der Waals surface area contributed by atoms with Gasteiger partial charge in [-0.05, 0) is 52.9 Å². The molecule has 1 saturated heterocycles. The number of amides is 2. The summed E-state index contributed by atoms with van der Waals surface area (Å²) in [6.45, 7) is 5.73. The van der Waals surface area contributed by atoms with Crippen LogP contribution in [0.25, 0.3) is 10.8 Å². The fourth-order valence-corrected chi connectivity index (χ4v) is 4.58. The van der Waals surface area contributed by atoms with E-state index in [2.05, 4.69) is 15.5 Å². The number of phenols is 1. The SMILES string of the molecule is CC(C)C[C@H](NC(=O)c1ccc2cc(O)ccc2c1)C(=O)NC1CN(Cc2ccccc2)CC1O. The van der Waals surface area contributed by atoms with Crippen molar-refractivity contribution in [2.75, 3.05) is 13.1 Å². The number of aliphatic hydroxyl groups is 1. The van der Waals surface area contributed by atoms with Crippen LogP contribution in [0.5, 0.6) is 5.75 Å². The number of aliphatic hydroxyl groups excluding tert-OH is 1. The van der Waals surface area contributed by atoms with Gasteiger partial charge in [0.05, 0.1) is 12.1 Å². The van der Waals surface area contributed by atoms with Gasteiger partial charge < -0.3 is 20.8 Å². The molecule has 4 N–H and O–H groups in total. The Labute approximate surface area is 205 Å². The van der Waals surface area contributed by atoms with Gasteiger partial charge in [-0.25, -0.2) is 0 Å². The lowest BCUT2D eigenvalue weighted by Crippen LogP contribution is -2.52. The molecule has 0 radical (unpaired) electrons. The molecule has 0 spiro atoms. The summed E-state index contributed by atoms with van der Waals surface area (Å²) < 4.78 is 0. The Hall–Kier alpha value is -3.42. The van der Waals surface area contributed by atoms with Gasteiger partial charge in [0.25, 0.3) is 5.91 Å². The van der Waals surface area contributed by atoms with E-state index in [1.807, 2.05) is 44.2 Å². The second-order valence-corrected chi connectivity index (χ2v) is 9.76. The summed E-state index contributed by atoms with van der Waals surface area (Å²) in [5.74, 6) is -0.268. The molecule has 1 aliphatic heterocycles. The first-order valence-corrected chi connectivity index (χ1v) is 12.1. The van der Waals surface area contributed by atoms with Crippen LogP contribution in [0.1, 0.15) is 36.2 Å². The summed E-state index contributed by atoms with van der Waals surface area (Å²) in [4.78, 5) is 28.3. The number of hydrogen-bond donors (Lipinski definition) is 4. The highest BCUT2D eigenvalue weighted by atomic mass is 16.3. The lowest BCUT2D eigenvalue weighted by Gasteiger charge is -2.24. The molecule has 0 aromatic heterocycles. The van der Waals surface area contributed by atoms with E-state index in [4.69, 9.17) is 0 Å². The van der Waals surface area contributed by atoms with Crippen molar-refractivity contribution in [2.24, 2.45) is 5.92 Å². The lowest BCUT2D eigenvalue weighted by molar-refractivity contribution is -0.124. The molecule has 7 heteroatoms. The fraction of sp³-hybridized carbons (Fsp3) is 0.357. The maximum absolute atomic E-state index is 13.2. The highest BCUT2D eigenvalue weighted by Crippen LogP contribution is 2.21. The van der Waals surface area contributed by atoms with Crippen LogP contribution in [-0.2, 0) is 11.3 Å². The van der Waals surface area contributed by atoms with Gasteiger partial charge in [0, 0.05) is 25.2 Å². The van der Waals surface area contributed by atoms with Crippen LogP contribution in [0.2, 0.25) is 0 Å². The third-order valence-electron chi connectivity index (χ3n) is 6.36. The Morgan fingerprint density at radius 1 is 1.00 bits per heavy atom. The summed E-state index contributed by atoms with van der Waals surface area (Å²) >= 11 is 0. The molecule has 3 aromatic rings. The van der Waals surface area contributed by atoms with Crippen LogP contribution in [-0.4, -0.2) is 58.2 Å². The standard InChI is InChI=1S/C28H33N3O4/c1-18(2)12-24(29-27(34)22-9-8-21-14-23(32)11-10-20(21)13-22)28(35)30-25-16-31(17-26(25)33)15-19-6-4-3-5-7-19/h3-11,13-14,18,24-26,32-33H,12,15-17H2,1-2H3,(H,29,34)(H,30,35)/t24-,25?,26?/m0/s1. The topological polar surface area (TPSA) is 102 Å². The van der Waals surface area contributed by atoms with Gasteiger partial charge >= 0.3 is 0 Å². The summed E-state index contributed by atoms with van der Waals surface area (Å²) in [7, 11) is 0. The molecule has 7 nitrogen and oxygen atoms in total. The Morgan fingerprint density at radius 3 is 2.46 bits per heavy atom. The Balaban J connectivity index is 1.41. The number of likely N-dealkylation sites (tertiary alicyclic amines) is 1. The molecule has 2 unspecified atom stereocenters. The van der Waals surface area contributed by atoms with Crippen molar-refractivity contribution in [3.63, 3.8) is 0 Å². The predicted molar refractivity (Wildman–Crippen MR) is 136 cm³/mol. The van der Waals surface area contributed by atoms with Gasteiger partial charge in [-0.1, -0.05) is 56.3 Å². The number of benzene rings is 3. The highest BCUT2D eigenvalue weighted by molar-refractivity contribution is 6.00. The molecule has 1 heterocycles. The van der Waals surface area contributed by atoms with Gasteiger partial charge in [0.15, 0.2) is 0 Å². The molecule has 3 aromatic carbocycles. The number of carbonyl (C=O) groups is 2. The van der Waals surface area contributed by atoms with Gasteiger partial charge in [0.1, 0.15) is 11.8 Å². The third-order valence-corrected chi connectivity index (χ3v) is 6.36. The summed E-state index contributed by atoms with van der Waals surface area (Å²) in [6, 6.07) is 19.1. The molecule has 1 fully saturated rings. The average molecular weight is 476 g/mol. The first-order chi connectivity index (χ1) is 16.8. The van der Waals surface area contributed by atoms with E-state index in [-0.39, 0.29) is 23.5 Å². The van der Waals surface area contributed by atoms with Gasteiger partial charge in [-0.3, -0.25) is 14.5 Å². The number of rotatable bonds is 8. The molecular weight excluding hydrogens is 442 g/mol. The first kappa shape index (κ1) is 24.7. The van der Waals surface area contributed by atoms with Crippen molar-refractivity contribution in [3.8, 4) is 5.75 Å². The number of aromatic hydroxyl groups is 1. The molecular formula is C28H33N3O4. The average Bonchev–Trinajstić information content (AvgIpc) is 3.16. The van der Waals surface area contributed by atoms with E-state index in [0.29, 0.717) is 31.6 Å². The van der Waals surface area contributed by atoms with E-state index in [0.717, 1.165) is 16.3 Å². The maximum Gasteiger partial charge on any atom is 0.251 e. The Kier molecular flexibility index (Phi) is 7.68. The molecule has 1 aliphatic rings. The number of fused-ring (bicyclic) bond motifs is 1. The Bertz CT molecular complexity index is 1180. The zero-order chi connectivity index (χ0) is 24.9. The van der Waals surface area contributed by atoms with Crippen molar-refractivity contribution >= 4 is 22.6 Å². The first-order valence-electron chi connectivity index (χ1n) is 12.1. The van der Waals surface area contributed by atoms with Crippen LogP contribution >= 0.6 is 0 Å². The number of β-amino-alcohol motifs (C(OH)–C–C–N with tert-alkyl or cyclic N) is 1. The van der Waals surface area contributed by atoms with Crippen molar-refractivity contribution in [3.05, 3.63) is 77.9 Å². The van der Waals surface area contributed by atoms with Crippen molar-refractivity contribution in [2.45, 2.75) is 45.0 Å². The largest absolute Gasteiger partial charge is 0.508 e. The maximum atomic E-state index is 13.2. The minimum Gasteiger partial charge on any atom is -0.508 e. The number of nitrogens with zero attached hydrogens (tertiary/aromatic N) is 1. The van der Waals surface area contributed by atoms with E-state index >= 15 is 0 Å². The summed E-state index contributed by atoms with van der Waals surface area (Å²) in [6.07, 6.45) is -0.190. The normalized spacial score (nSPS) is 19.1. The van der Waals surface area contributed by atoms with E-state index in [1.54, 1.807) is 36.4 Å². The van der Waals surface area contributed by atoms with Crippen molar-refractivity contribution in [1.29, 1.82) is 0 Å². The number of hydrogen-bond acceptors (Lipinski definition) is 5. The third kappa shape index (κ3) is 6.38. The molecule has 0 saturated carbocycles. The van der Waals surface area contributed by atoms with Gasteiger partial charge in [-0.2, -0.15) is 0 Å². The smallest absolute Gasteiger partial charge is 0.251 e. The lowest BCUT2D eigenvalue weighted by atomic mass is 10.0. The van der Waals surface area contributed by atoms with Crippen LogP contribution in [0.3, 0.4) is 0 Å². The summed E-state index contributed by atoms with van der Waals surface area (Å²) in [5, 5.41) is 27.7. The van der Waals surface area contributed by atoms with Gasteiger partial charge in [0.2, 0.25) is 5.91 Å². The second-order valence-electron chi connectivity index (χ2n) is 9.76. The molecule has 0 aliphatic carbocycles. The summed E-state index contributed by atoms with van der Waals surface area (Å²) in [5.41, 5.74) is 1.60. The molecule has 2 amide bonds. The zero-order valence-electron chi connectivity index (χ0n) is 20.1. The van der Waals surface area contributed by atoms with Crippen LogP contribution < -0.4 is 10.6 Å². The Morgan fingerprint density at radius 2 is 1.71 bits per heavy atom. The van der Waals surface area contributed by atoms with Crippen molar-refractivity contribution in [1.82, 2.24) is 15.5 Å². The minimum absolute atomic E-state index is 0.166. The number of nitrogens with one attached hydrogen (secondary N) is 2. The van der Waals surface area contributed by atoms with Crippen LogP contribution in [0, 0.1) is 5.92 Å². The van der Waals surface area contributed by atoms with E-state index in [1.165, 1.54) is 0 Å². The molecule has 0 bridgehead atoms. The minimum atomic E-state index is -0.714. The van der Waals surface area contributed by atoms with Crippen LogP contribution in [0.15, 0.2) is 66.7 Å². The molecule has 4 rings (SSSR count). The van der Waals surface area contributed by atoms with E-state index in [9.17, 15) is 19.8 Å². The zero-order valence-corrected chi connectivity index (χ0v) is 20.1. The van der Waals surface area contributed by atoms with Crippen LogP contribution in [0.4, 0.5) is 0 Å². The van der Waals surface area contributed by atoms with Gasteiger partial charge in [-0.15, -0.1) is 0 Å². The molecule has 3 atom stereocenters. The van der Waals surface area contributed by atoms with E-state index < -0.39 is 18.2 Å². The molecule has 184 valence electrons.